The molecular weight excluding hydrogens is 725 g/mol. The van der Waals surface area contributed by atoms with Crippen LogP contribution in [0, 0.1) is 12.3 Å². The molecule has 0 aromatic heterocycles. The maximum absolute atomic E-state index is 12.7. The first-order valence-electron chi connectivity index (χ1n) is 22.6. The number of carbonyl (C=O) groups is 2. The molecule has 0 saturated carbocycles. The smallest absolute Gasteiger partial charge is 0.462 e. The van der Waals surface area contributed by atoms with Crippen LogP contribution >= 0.6 is 7.82 Å². The molecule has 0 aliphatic heterocycles. The Morgan fingerprint density at radius 2 is 1.04 bits per heavy atom. The molecule has 0 aromatic carbocycles. The Morgan fingerprint density at radius 3 is 1.48 bits per heavy atom. The van der Waals surface area contributed by atoms with Crippen LogP contribution in [0.15, 0.2) is 24.3 Å². The fourth-order valence-electron chi connectivity index (χ4n) is 6.24. The summed E-state index contributed by atoms with van der Waals surface area (Å²) in [6, 6.07) is 0. The number of unbranched alkanes of at least 4 members (excludes halogenated alkanes) is 22. The lowest BCUT2D eigenvalue weighted by Gasteiger charge is -2.27. The third kappa shape index (κ3) is 38.9. The Labute approximate surface area is 344 Å². The van der Waals surface area contributed by atoms with E-state index < -0.39 is 32.5 Å². The lowest BCUT2D eigenvalue weighted by atomic mass is 10.1. The number of rotatable bonds is 41. The van der Waals surface area contributed by atoms with E-state index >= 15 is 0 Å². The van der Waals surface area contributed by atoms with Gasteiger partial charge in [-0.25, -0.2) is 4.57 Å². The second-order valence-corrected chi connectivity index (χ2v) is 17.5. The van der Waals surface area contributed by atoms with Gasteiger partial charge < -0.3 is 18.9 Å². The number of ether oxygens (including phenoxy) is 2. The van der Waals surface area contributed by atoms with E-state index in [0.717, 1.165) is 70.6 Å². The zero-order valence-corrected chi connectivity index (χ0v) is 37.4. The van der Waals surface area contributed by atoms with Crippen LogP contribution in [0.1, 0.15) is 194 Å². The normalized spacial score (nSPS) is 13.6. The first-order chi connectivity index (χ1) is 27.0. The van der Waals surface area contributed by atoms with Crippen LogP contribution < -0.4 is 0 Å². The molecule has 0 aliphatic rings. The number of esters is 2. The second kappa shape index (κ2) is 38.6. The van der Waals surface area contributed by atoms with Crippen LogP contribution in [0.25, 0.3) is 0 Å². The summed E-state index contributed by atoms with van der Waals surface area (Å²) >= 11 is 0. The van der Waals surface area contributed by atoms with Crippen LogP contribution in [0.5, 0.6) is 0 Å². The minimum absolute atomic E-state index is 0.0483. The molecular formula is C46H85NO8P+. The third-order valence-electron chi connectivity index (χ3n) is 9.91. The van der Waals surface area contributed by atoms with Crippen molar-refractivity contribution in [1.82, 2.24) is 0 Å². The van der Waals surface area contributed by atoms with Gasteiger partial charge in [0, 0.05) is 12.8 Å². The van der Waals surface area contributed by atoms with Crippen LogP contribution in [0.2, 0.25) is 0 Å². The highest BCUT2D eigenvalue weighted by Gasteiger charge is 2.27. The van der Waals surface area contributed by atoms with Gasteiger partial charge >= 0.3 is 19.8 Å². The molecule has 0 heterocycles. The molecule has 0 amide bonds. The summed E-state index contributed by atoms with van der Waals surface area (Å²) in [4.78, 5) is 35.5. The van der Waals surface area contributed by atoms with E-state index in [4.69, 9.17) is 24.9 Å². The lowest BCUT2D eigenvalue weighted by Crippen LogP contribution is -2.42. The Kier molecular flexibility index (Phi) is 37.2. The fraction of sp³-hybridized carbons (Fsp3) is 0.826. The van der Waals surface area contributed by atoms with Gasteiger partial charge in [0.2, 0.25) is 0 Å². The van der Waals surface area contributed by atoms with Crippen LogP contribution in [0.3, 0.4) is 0 Å². The van der Waals surface area contributed by atoms with Gasteiger partial charge in [0.25, 0.3) is 0 Å². The van der Waals surface area contributed by atoms with Crippen molar-refractivity contribution in [2.75, 3.05) is 47.0 Å². The summed E-state index contributed by atoms with van der Waals surface area (Å²) in [5.74, 6) is 1.73. The zero-order valence-electron chi connectivity index (χ0n) is 36.5. The monoisotopic (exact) mass is 811 g/mol. The van der Waals surface area contributed by atoms with E-state index in [1.807, 2.05) is 14.1 Å². The number of allylic oxidation sites excluding steroid dienone is 4. The predicted octanol–water partition coefficient (Wildman–Crippen LogP) is 12.4. The molecule has 1 N–H and O–H groups in total. The Bertz CT molecular complexity index is 1090. The SMILES string of the molecule is C#CC[N+](C)(C)CCOP(=O)(O)OC[C@@H](COC(=O)CCCCCCC/C=C\CCCCCCCC)OC(=O)CCCCCCC/C=C\CCCCCCCC. The highest BCUT2D eigenvalue weighted by molar-refractivity contribution is 7.47. The molecule has 10 heteroatoms. The van der Waals surface area contributed by atoms with Crippen molar-refractivity contribution in [3.05, 3.63) is 24.3 Å². The minimum Gasteiger partial charge on any atom is -0.462 e. The molecule has 0 fully saturated rings. The molecule has 0 aromatic rings. The zero-order chi connectivity index (χ0) is 41.4. The Hall–Kier alpha value is -1.95. The number of quaternary nitrogens is 1. The minimum atomic E-state index is -4.44. The van der Waals surface area contributed by atoms with E-state index in [0.29, 0.717) is 24.0 Å². The quantitative estimate of drug-likeness (QED) is 0.0162. The van der Waals surface area contributed by atoms with Crippen molar-refractivity contribution < 1.29 is 42.1 Å². The molecule has 0 bridgehead atoms. The number of carbonyl (C=O) groups excluding carboxylic acids is 2. The van der Waals surface area contributed by atoms with Crippen molar-refractivity contribution >= 4 is 19.8 Å². The molecule has 0 aliphatic carbocycles. The van der Waals surface area contributed by atoms with Gasteiger partial charge in [0.15, 0.2) is 6.10 Å². The van der Waals surface area contributed by atoms with Gasteiger partial charge in [0.05, 0.1) is 20.7 Å². The van der Waals surface area contributed by atoms with Crippen molar-refractivity contribution in [3.8, 4) is 12.3 Å². The number of phosphoric acid groups is 1. The maximum atomic E-state index is 12.7. The molecule has 0 rings (SSSR count). The van der Waals surface area contributed by atoms with Crippen LogP contribution in [-0.4, -0.2) is 74.4 Å². The number of hydrogen-bond donors (Lipinski definition) is 1. The Balaban J connectivity index is 4.49. The van der Waals surface area contributed by atoms with E-state index in [-0.39, 0.29) is 26.1 Å². The molecule has 0 spiro atoms. The summed E-state index contributed by atoms with van der Waals surface area (Å²) in [5, 5.41) is 0. The van der Waals surface area contributed by atoms with Crippen LogP contribution in [0.4, 0.5) is 0 Å². The van der Waals surface area contributed by atoms with E-state index in [2.05, 4.69) is 44.1 Å². The molecule has 1 unspecified atom stereocenters. The van der Waals surface area contributed by atoms with Gasteiger partial charge in [-0.2, -0.15) is 0 Å². The third-order valence-corrected chi connectivity index (χ3v) is 10.9. The van der Waals surface area contributed by atoms with Crippen molar-refractivity contribution in [2.45, 2.75) is 200 Å². The predicted molar refractivity (Wildman–Crippen MR) is 232 cm³/mol. The summed E-state index contributed by atoms with van der Waals surface area (Å²) < 4.78 is 34.3. The maximum Gasteiger partial charge on any atom is 0.472 e. The number of phosphoric ester groups is 1. The molecule has 0 saturated heterocycles. The highest BCUT2D eigenvalue weighted by atomic mass is 31.2. The van der Waals surface area contributed by atoms with Crippen molar-refractivity contribution in [1.29, 1.82) is 0 Å². The first kappa shape index (κ1) is 54.0. The van der Waals surface area contributed by atoms with Gasteiger partial charge in [-0.15, -0.1) is 6.42 Å². The number of likely N-dealkylation sites (N-methyl/N-ethyl adjacent to an activating group) is 1. The molecule has 326 valence electrons. The molecule has 56 heavy (non-hydrogen) atoms. The van der Waals surface area contributed by atoms with Crippen molar-refractivity contribution in [2.24, 2.45) is 0 Å². The van der Waals surface area contributed by atoms with E-state index in [1.165, 1.54) is 89.9 Å². The van der Waals surface area contributed by atoms with E-state index in [9.17, 15) is 19.0 Å². The van der Waals surface area contributed by atoms with Gasteiger partial charge in [-0.05, 0) is 70.1 Å². The largest absolute Gasteiger partial charge is 0.472 e. The van der Waals surface area contributed by atoms with Crippen molar-refractivity contribution in [3.63, 3.8) is 0 Å². The average Bonchev–Trinajstić information content (AvgIpc) is 3.15. The van der Waals surface area contributed by atoms with Gasteiger partial charge in [-0.3, -0.25) is 18.6 Å². The topological polar surface area (TPSA) is 108 Å². The Morgan fingerprint density at radius 1 is 0.625 bits per heavy atom. The summed E-state index contributed by atoms with van der Waals surface area (Å²) in [7, 11) is -0.660. The van der Waals surface area contributed by atoms with Crippen LogP contribution in [-0.2, 0) is 32.7 Å². The van der Waals surface area contributed by atoms with E-state index in [1.54, 1.807) is 0 Å². The first-order valence-corrected chi connectivity index (χ1v) is 24.1. The number of hydrogen-bond acceptors (Lipinski definition) is 7. The summed E-state index contributed by atoms with van der Waals surface area (Å²) in [5.41, 5.74) is 0. The fourth-order valence-corrected chi connectivity index (χ4v) is 6.98. The highest BCUT2D eigenvalue weighted by Crippen LogP contribution is 2.43. The second-order valence-electron chi connectivity index (χ2n) is 16.1. The average molecular weight is 811 g/mol. The molecule has 2 atom stereocenters. The molecule has 0 radical (unpaired) electrons. The number of nitrogens with zero attached hydrogens (tertiary/aromatic N) is 1. The number of terminal acetylenes is 1. The van der Waals surface area contributed by atoms with Gasteiger partial charge in [-0.1, -0.05) is 141 Å². The standard InChI is InChI=1S/C46H84NO8P/c1-6-9-11-13-15-17-19-21-23-25-27-29-31-33-35-37-45(48)52-42-44(43-54-56(50,51)53-41-40-47(4,5)39-8-3)55-46(49)38-36-34-32-30-28-26-24-22-20-18-16-14-12-10-7-2/h3,21-24,44H,6-7,9-20,25-43H2,1-2,4-5H3/p+1/b23-21-,24-22-/t44-/m1/s1. The van der Waals surface area contributed by atoms with Gasteiger partial charge in [0.1, 0.15) is 26.3 Å². The lowest BCUT2D eigenvalue weighted by molar-refractivity contribution is -0.883. The summed E-state index contributed by atoms with van der Waals surface area (Å²) in [6.45, 7) is 4.60. The summed E-state index contributed by atoms with van der Waals surface area (Å²) in [6.07, 6.45) is 44.5. The molecule has 9 nitrogen and oxygen atoms in total.